The molecule has 4 aliphatic carbocycles. The largest absolute Gasteiger partial charge is 0.458 e. The maximum absolute atomic E-state index is 12.6. The number of esters is 2. The first-order valence-electron chi connectivity index (χ1n) is 10.6. The fourth-order valence-corrected chi connectivity index (χ4v) is 5.65. The maximum atomic E-state index is 12.6. The summed E-state index contributed by atoms with van der Waals surface area (Å²) in [4.78, 5) is 25.2. The Morgan fingerprint density at radius 3 is 1.36 bits per heavy atom. The number of fused-ring (bicyclic) bond motifs is 2. The van der Waals surface area contributed by atoms with Gasteiger partial charge in [0.1, 0.15) is 12.2 Å². The Labute approximate surface area is 151 Å². The van der Waals surface area contributed by atoms with Crippen molar-refractivity contribution in [2.24, 2.45) is 23.7 Å². The standard InChI is InChI=1S/C21H32O4/c22-20(14-7-3-1-4-8-14)24-18-16-11-12-17(13-16)19(18)25-21(23)15-9-5-2-6-10-15/h14-19H,1-13H2/t16-,17+,18+,19-. The van der Waals surface area contributed by atoms with Gasteiger partial charge in [-0.25, -0.2) is 0 Å². The van der Waals surface area contributed by atoms with Gasteiger partial charge in [-0.1, -0.05) is 38.5 Å². The van der Waals surface area contributed by atoms with Crippen molar-refractivity contribution in [3.8, 4) is 0 Å². The van der Waals surface area contributed by atoms with E-state index in [1.165, 1.54) is 12.8 Å². The zero-order valence-corrected chi connectivity index (χ0v) is 15.3. The molecule has 0 amide bonds. The van der Waals surface area contributed by atoms with Gasteiger partial charge < -0.3 is 9.47 Å². The highest BCUT2D eigenvalue weighted by Crippen LogP contribution is 2.48. The van der Waals surface area contributed by atoms with E-state index in [-0.39, 0.29) is 36.0 Å². The van der Waals surface area contributed by atoms with E-state index in [9.17, 15) is 9.59 Å². The normalized spacial score (nSPS) is 36.3. The Kier molecular flexibility index (Phi) is 5.33. The summed E-state index contributed by atoms with van der Waals surface area (Å²) in [5, 5.41) is 0. The van der Waals surface area contributed by atoms with Gasteiger partial charge in [0.05, 0.1) is 11.8 Å². The second-order valence-electron chi connectivity index (χ2n) is 8.81. The summed E-state index contributed by atoms with van der Waals surface area (Å²) < 4.78 is 11.9. The second kappa shape index (κ2) is 7.67. The number of hydrogen-bond donors (Lipinski definition) is 0. The van der Waals surface area contributed by atoms with Crippen molar-refractivity contribution < 1.29 is 19.1 Å². The molecule has 4 nitrogen and oxygen atoms in total. The Hall–Kier alpha value is -1.06. The topological polar surface area (TPSA) is 52.6 Å². The highest BCUT2D eigenvalue weighted by Gasteiger charge is 2.52. The lowest BCUT2D eigenvalue weighted by Gasteiger charge is -2.33. The average Bonchev–Trinajstić information content (AvgIpc) is 3.26. The first kappa shape index (κ1) is 17.4. The second-order valence-corrected chi connectivity index (χ2v) is 8.81. The predicted molar refractivity (Wildman–Crippen MR) is 93.7 cm³/mol. The minimum absolute atomic E-state index is 0.0315. The number of ether oxygens (including phenoxy) is 2. The molecule has 0 saturated heterocycles. The summed E-state index contributed by atoms with van der Waals surface area (Å²) in [6.45, 7) is 0. The molecule has 0 N–H and O–H groups in total. The fourth-order valence-electron chi connectivity index (χ4n) is 5.65. The van der Waals surface area contributed by atoms with Crippen LogP contribution < -0.4 is 0 Å². The van der Waals surface area contributed by atoms with Gasteiger partial charge in [-0.05, 0) is 44.9 Å². The van der Waals surface area contributed by atoms with Crippen LogP contribution in [-0.4, -0.2) is 24.1 Å². The first-order chi connectivity index (χ1) is 12.2. The fraction of sp³-hybridized carbons (Fsp3) is 0.905. The van der Waals surface area contributed by atoms with Gasteiger partial charge in [-0.15, -0.1) is 0 Å². The molecule has 140 valence electrons. The van der Waals surface area contributed by atoms with Crippen molar-refractivity contribution in [3.63, 3.8) is 0 Å². The molecule has 4 atom stereocenters. The molecule has 0 aliphatic heterocycles. The van der Waals surface area contributed by atoms with Gasteiger partial charge in [-0.2, -0.15) is 0 Å². The number of rotatable bonds is 4. The van der Waals surface area contributed by atoms with Crippen LogP contribution in [-0.2, 0) is 19.1 Å². The molecule has 0 aromatic rings. The van der Waals surface area contributed by atoms with Crippen LogP contribution in [0.5, 0.6) is 0 Å². The maximum Gasteiger partial charge on any atom is 0.309 e. The van der Waals surface area contributed by atoms with Crippen molar-refractivity contribution in [2.75, 3.05) is 0 Å². The summed E-state index contributed by atoms with van der Waals surface area (Å²) in [5.74, 6) is 0.889. The Balaban J connectivity index is 1.37. The van der Waals surface area contributed by atoms with Gasteiger partial charge in [0, 0.05) is 11.8 Å². The zero-order valence-electron chi connectivity index (χ0n) is 15.3. The van der Waals surface area contributed by atoms with E-state index >= 15 is 0 Å². The average molecular weight is 348 g/mol. The van der Waals surface area contributed by atoms with Crippen LogP contribution in [0.4, 0.5) is 0 Å². The van der Waals surface area contributed by atoms with E-state index in [1.807, 2.05) is 0 Å². The molecule has 0 spiro atoms. The molecular weight excluding hydrogens is 316 g/mol. The van der Waals surface area contributed by atoms with Crippen molar-refractivity contribution in [1.82, 2.24) is 0 Å². The molecule has 4 heteroatoms. The molecule has 0 unspecified atom stereocenters. The summed E-state index contributed by atoms with van der Waals surface area (Å²) >= 11 is 0. The smallest absolute Gasteiger partial charge is 0.309 e. The third kappa shape index (κ3) is 3.73. The van der Waals surface area contributed by atoms with Gasteiger partial charge >= 0.3 is 11.9 Å². The first-order valence-corrected chi connectivity index (χ1v) is 10.6. The quantitative estimate of drug-likeness (QED) is 0.707. The van der Waals surface area contributed by atoms with E-state index in [1.54, 1.807) is 0 Å². The van der Waals surface area contributed by atoms with Gasteiger partial charge in [0.2, 0.25) is 0 Å². The molecule has 0 aromatic carbocycles. The van der Waals surface area contributed by atoms with Crippen LogP contribution in [0.25, 0.3) is 0 Å². The van der Waals surface area contributed by atoms with E-state index < -0.39 is 0 Å². The van der Waals surface area contributed by atoms with E-state index in [0.717, 1.165) is 70.6 Å². The molecular formula is C21H32O4. The third-order valence-electron chi connectivity index (χ3n) is 7.15. The summed E-state index contributed by atoms with van der Waals surface area (Å²) in [7, 11) is 0. The Morgan fingerprint density at radius 1 is 0.560 bits per heavy atom. The van der Waals surface area contributed by atoms with E-state index in [4.69, 9.17) is 9.47 Å². The molecule has 4 aliphatic rings. The van der Waals surface area contributed by atoms with Crippen LogP contribution in [0.3, 0.4) is 0 Å². The van der Waals surface area contributed by atoms with Crippen molar-refractivity contribution in [3.05, 3.63) is 0 Å². The minimum Gasteiger partial charge on any atom is -0.458 e. The summed E-state index contributed by atoms with van der Waals surface area (Å²) in [5.41, 5.74) is 0. The van der Waals surface area contributed by atoms with Crippen LogP contribution in [0, 0.1) is 23.7 Å². The van der Waals surface area contributed by atoms with Crippen molar-refractivity contribution in [1.29, 1.82) is 0 Å². The molecule has 4 rings (SSSR count). The Morgan fingerprint density at radius 2 is 0.960 bits per heavy atom. The predicted octanol–water partition coefficient (Wildman–Crippen LogP) is 4.40. The summed E-state index contributed by atoms with van der Waals surface area (Å²) in [6, 6.07) is 0. The van der Waals surface area contributed by atoms with Gasteiger partial charge in [0.15, 0.2) is 0 Å². The molecule has 0 heterocycles. The molecule has 0 radical (unpaired) electrons. The number of hydrogen-bond acceptors (Lipinski definition) is 4. The van der Waals surface area contributed by atoms with Crippen molar-refractivity contribution >= 4 is 11.9 Å². The van der Waals surface area contributed by atoms with Crippen LogP contribution >= 0.6 is 0 Å². The molecule has 2 bridgehead atoms. The third-order valence-corrected chi connectivity index (χ3v) is 7.15. The lowest BCUT2D eigenvalue weighted by Crippen LogP contribution is -2.42. The SMILES string of the molecule is O=C(O[C@@H]1[C@H]2CC[C@H](C2)[C@@H]1OC(=O)C1CCCCC1)C1CCCCC1. The highest BCUT2D eigenvalue weighted by atomic mass is 16.6. The molecule has 25 heavy (non-hydrogen) atoms. The monoisotopic (exact) mass is 348 g/mol. The lowest BCUT2D eigenvalue weighted by atomic mass is 9.88. The van der Waals surface area contributed by atoms with Crippen LogP contribution in [0.2, 0.25) is 0 Å². The minimum atomic E-state index is -0.180. The Bertz CT molecular complexity index is 446. The van der Waals surface area contributed by atoms with Crippen molar-refractivity contribution in [2.45, 2.75) is 95.7 Å². The van der Waals surface area contributed by atoms with Crippen LogP contribution in [0.1, 0.15) is 83.5 Å². The molecule has 4 fully saturated rings. The van der Waals surface area contributed by atoms with E-state index in [0.29, 0.717) is 11.8 Å². The highest BCUT2D eigenvalue weighted by molar-refractivity contribution is 5.74. The molecule has 0 aromatic heterocycles. The van der Waals surface area contributed by atoms with Gasteiger partial charge in [0.25, 0.3) is 0 Å². The van der Waals surface area contributed by atoms with E-state index in [2.05, 4.69) is 0 Å². The lowest BCUT2D eigenvalue weighted by molar-refractivity contribution is -0.179. The summed E-state index contributed by atoms with van der Waals surface area (Å²) in [6.07, 6.45) is 13.8. The van der Waals surface area contributed by atoms with Crippen LogP contribution in [0.15, 0.2) is 0 Å². The number of carbonyl (C=O) groups excluding carboxylic acids is 2. The van der Waals surface area contributed by atoms with Gasteiger partial charge in [-0.3, -0.25) is 9.59 Å². The number of carbonyl (C=O) groups is 2. The zero-order chi connectivity index (χ0) is 17.2. The molecule has 4 saturated carbocycles.